The molecule has 0 saturated carbocycles. The third-order valence-corrected chi connectivity index (χ3v) is 5.78. The molecule has 26 heavy (non-hydrogen) atoms. The molecule has 2 fully saturated rings. The Kier molecular flexibility index (Phi) is 6.67. The van der Waals surface area contributed by atoms with Crippen LogP contribution in [0.2, 0.25) is 0 Å². The Hall–Kier alpha value is -1.44. The molecule has 2 aliphatic heterocycles. The predicted octanol–water partition coefficient (Wildman–Crippen LogP) is 1.37. The molecule has 0 radical (unpaired) electrons. The van der Waals surface area contributed by atoms with Crippen LogP contribution in [-0.2, 0) is 16.1 Å². The number of carbonyl (C=O) groups is 1. The van der Waals surface area contributed by atoms with E-state index in [1.807, 2.05) is 13.8 Å². The number of likely N-dealkylation sites (tertiary alicyclic amines) is 1. The van der Waals surface area contributed by atoms with Crippen LogP contribution in [0.3, 0.4) is 0 Å². The molecule has 0 aliphatic carbocycles. The average Bonchev–Trinajstić information content (AvgIpc) is 2.98. The first-order chi connectivity index (χ1) is 12.5. The lowest BCUT2D eigenvalue weighted by molar-refractivity contribution is -0.124. The molecule has 1 aromatic heterocycles. The molecule has 7 heteroatoms. The van der Waals surface area contributed by atoms with Crippen LogP contribution in [0, 0.1) is 25.7 Å². The number of hydrogen-bond donors (Lipinski definition) is 2. The molecule has 0 bridgehead atoms. The lowest BCUT2D eigenvalue weighted by Crippen LogP contribution is -2.48. The first-order valence-electron chi connectivity index (χ1n) is 9.79. The van der Waals surface area contributed by atoms with Gasteiger partial charge in [-0.15, -0.1) is 0 Å². The molecular weight excluding hydrogens is 332 g/mol. The van der Waals surface area contributed by atoms with E-state index >= 15 is 0 Å². The predicted molar refractivity (Wildman–Crippen MR) is 98.5 cm³/mol. The monoisotopic (exact) mass is 364 g/mol. The van der Waals surface area contributed by atoms with E-state index in [-0.39, 0.29) is 11.8 Å². The zero-order valence-corrected chi connectivity index (χ0v) is 16.0. The lowest BCUT2D eigenvalue weighted by atomic mass is 9.91. The smallest absolute Gasteiger partial charge is 0.237 e. The summed E-state index contributed by atoms with van der Waals surface area (Å²) in [5.74, 6) is 2.46. The Labute approximate surface area is 155 Å². The Morgan fingerprint density at radius 3 is 2.58 bits per heavy atom. The molecular formula is C19H32N4O3. The second kappa shape index (κ2) is 8.97. The van der Waals surface area contributed by atoms with Gasteiger partial charge in [0, 0.05) is 19.8 Å². The van der Waals surface area contributed by atoms with Crippen molar-refractivity contribution in [1.29, 1.82) is 0 Å². The molecule has 7 nitrogen and oxygen atoms in total. The van der Waals surface area contributed by atoms with Crippen molar-refractivity contribution in [3.05, 3.63) is 17.3 Å². The van der Waals surface area contributed by atoms with Gasteiger partial charge in [-0.25, -0.2) is 4.98 Å². The molecule has 0 spiro atoms. The summed E-state index contributed by atoms with van der Waals surface area (Å²) in [7, 11) is 0. The number of piperidine rings is 1. The number of rotatable bonds is 6. The summed E-state index contributed by atoms with van der Waals surface area (Å²) in [6.07, 6.45) is 3.91. The van der Waals surface area contributed by atoms with Gasteiger partial charge in [0.1, 0.15) is 5.76 Å². The summed E-state index contributed by atoms with van der Waals surface area (Å²) >= 11 is 0. The van der Waals surface area contributed by atoms with Crippen LogP contribution < -0.4 is 11.1 Å². The minimum atomic E-state index is -0.407. The van der Waals surface area contributed by atoms with E-state index in [0.29, 0.717) is 19.1 Å². The summed E-state index contributed by atoms with van der Waals surface area (Å²) < 4.78 is 11.0. The highest BCUT2D eigenvalue weighted by atomic mass is 16.5. The molecule has 3 N–H and O–H groups in total. The van der Waals surface area contributed by atoms with Gasteiger partial charge in [0.15, 0.2) is 0 Å². The molecule has 3 heterocycles. The van der Waals surface area contributed by atoms with Gasteiger partial charge >= 0.3 is 0 Å². The van der Waals surface area contributed by atoms with Gasteiger partial charge in [0.25, 0.3) is 0 Å². The quantitative estimate of drug-likeness (QED) is 0.792. The molecule has 1 aromatic rings. The minimum absolute atomic E-state index is 0.00920. The minimum Gasteiger partial charge on any atom is -0.444 e. The topological polar surface area (TPSA) is 93.6 Å². The van der Waals surface area contributed by atoms with Crippen molar-refractivity contribution < 1.29 is 13.9 Å². The molecule has 3 rings (SSSR count). The number of oxazole rings is 1. The van der Waals surface area contributed by atoms with Crippen LogP contribution in [-0.4, -0.2) is 54.7 Å². The number of hydrogen-bond acceptors (Lipinski definition) is 6. The van der Waals surface area contributed by atoms with Gasteiger partial charge in [-0.1, -0.05) is 0 Å². The zero-order valence-electron chi connectivity index (χ0n) is 16.0. The number of ether oxygens (including phenoxy) is 1. The molecule has 146 valence electrons. The Bertz CT molecular complexity index is 570. The maximum atomic E-state index is 12.3. The number of aromatic nitrogens is 1. The van der Waals surface area contributed by atoms with Crippen LogP contribution in [0.1, 0.15) is 43.0 Å². The fourth-order valence-corrected chi connectivity index (χ4v) is 3.80. The average molecular weight is 364 g/mol. The van der Waals surface area contributed by atoms with E-state index < -0.39 is 6.04 Å². The largest absolute Gasteiger partial charge is 0.444 e. The highest BCUT2D eigenvalue weighted by Crippen LogP contribution is 2.20. The van der Waals surface area contributed by atoms with E-state index in [2.05, 4.69) is 15.2 Å². The Morgan fingerprint density at radius 2 is 1.96 bits per heavy atom. The second-order valence-electron chi connectivity index (χ2n) is 7.69. The molecule has 2 saturated heterocycles. The van der Waals surface area contributed by atoms with Gasteiger partial charge in [0.05, 0.1) is 18.3 Å². The Morgan fingerprint density at radius 1 is 1.27 bits per heavy atom. The van der Waals surface area contributed by atoms with Crippen LogP contribution in [0.25, 0.3) is 0 Å². The summed E-state index contributed by atoms with van der Waals surface area (Å²) in [6.45, 7) is 8.86. The summed E-state index contributed by atoms with van der Waals surface area (Å²) in [5, 5.41) is 3.07. The number of nitrogens with one attached hydrogen (secondary N) is 1. The van der Waals surface area contributed by atoms with Crippen molar-refractivity contribution in [2.45, 2.75) is 52.1 Å². The number of nitrogens with two attached hydrogens (primary N) is 1. The fourth-order valence-electron chi connectivity index (χ4n) is 3.80. The highest BCUT2D eigenvalue weighted by molar-refractivity contribution is 5.81. The van der Waals surface area contributed by atoms with E-state index in [9.17, 15) is 4.79 Å². The van der Waals surface area contributed by atoms with Crippen molar-refractivity contribution in [3.63, 3.8) is 0 Å². The maximum absolute atomic E-state index is 12.3. The van der Waals surface area contributed by atoms with Crippen LogP contribution in [0.15, 0.2) is 4.42 Å². The van der Waals surface area contributed by atoms with Gasteiger partial charge in [-0.2, -0.15) is 0 Å². The second-order valence-corrected chi connectivity index (χ2v) is 7.69. The SMILES string of the molecule is Cc1nc(CN2CCC(CNC(=O)C(N)C3CCOCC3)CC2)oc1C. The highest BCUT2D eigenvalue weighted by Gasteiger charge is 2.27. The van der Waals surface area contributed by atoms with Gasteiger partial charge in [-0.3, -0.25) is 9.69 Å². The molecule has 1 unspecified atom stereocenters. The van der Waals surface area contributed by atoms with Crippen molar-refractivity contribution in [2.24, 2.45) is 17.6 Å². The number of carbonyl (C=O) groups excluding carboxylic acids is 1. The number of nitrogens with zero attached hydrogens (tertiary/aromatic N) is 2. The maximum Gasteiger partial charge on any atom is 0.237 e. The van der Waals surface area contributed by atoms with Crippen LogP contribution in [0.5, 0.6) is 0 Å². The third kappa shape index (κ3) is 5.05. The van der Waals surface area contributed by atoms with E-state index in [1.54, 1.807) is 0 Å². The standard InChI is InChI=1S/C19H32N4O3/c1-13-14(2)26-17(22-13)12-23-7-3-15(4-8-23)11-21-19(24)18(20)16-5-9-25-10-6-16/h15-16,18H,3-12,20H2,1-2H3,(H,21,24). The lowest BCUT2D eigenvalue weighted by Gasteiger charge is -2.32. The Balaban J connectivity index is 1.36. The molecule has 2 aliphatic rings. The zero-order chi connectivity index (χ0) is 18.5. The fraction of sp³-hybridized carbons (Fsp3) is 0.789. The normalized spacial score (nSPS) is 21.7. The summed E-state index contributed by atoms with van der Waals surface area (Å²) in [4.78, 5) is 19.1. The molecule has 1 amide bonds. The van der Waals surface area contributed by atoms with Crippen LogP contribution >= 0.6 is 0 Å². The van der Waals surface area contributed by atoms with E-state index in [0.717, 1.165) is 69.2 Å². The molecule has 0 aromatic carbocycles. The van der Waals surface area contributed by atoms with Gasteiger partial charge < -0.3 is 20.2 Å². The van der Waals surface area contributed by atoms with Gasteiger partial charge in [-0.05, 0) is 64.5 Å². The summed E-state index contributed by atoms with van der Waals surface area (Å²) in [5.41, 5.74) is 7.11. The molecule has 1 atom stereocenters. The van der Waals surface area contributed by atoms with Crippen molar-refractivity contribution in [3.8, 4) is 0 Å². The van der Waals surface area contributed by atoms with Crippen molar-refractivity contribution in [2.75, 3.05) is 32.8 Å². The third-order valence-electron chi connectivity index (χ3n) is 5.78. The first-order valence-corrected chi connectivity index (χ1v) is 9.79. The summed E-state index contributed by atoms with van der Waals surface area (Å²) in [6, 6.07) is -0.407. The first kappa shape index (κ1) is 19.3. The van der Waals surface area contributed by atoms with Crippen molar-refractivity contribution in [1.82, 2.24) is 15.2 Å². The number of aryl methyl sites for hydroxylation is 2. The van der Waals surface area contributed by atoms with E-state index in [1.165, 1.54) is 0 Å². The van der Waals surface area contributed by atoms with E-state index in [4.69, 9.17) is 14.9 Å². The number of amides is 1. The van der Waals surface area contributed by atoms with Crippen molar-refractivity contribution >= 4 is 5.91 Å². The van der Waals surface area contributed by atoms with Gasteiger partial charge in [0.2, 0.25) is 11.8 Å². The van der Waals surface area contributed by atoms with Crippen LogP contribution in [0.4, 0.5) is 0 Å².